The number of carbonyl (C=O) groups excluding carboxylic acids is 2. The molecular weight excluding hydrogens is 544 g/mol. The van der Waals surface area contributed by atoms with Gasteiger partial charge in [0.25, 0.3) is 5.91 Å². The van der Waals surface area contributed by atoms with Crippen LogP contribution < -0.4 is 4.74 Å². The number of ketones is 1. The van der Waals surface area contributed by atoms with Gasteiger partial charge in [0.05, 0.1) is 24.3 Å². The van der Waals surface area contributed by atoms with E-state index in [2.05, 4.69) is 18.8 Å². The molecule has 2 aliphatic carbocycles. The molecule has 0 radical (unpaired) electrons. The first-order valence-corrected chi connectivity index (χ1v) is 15.4. The number of carboxylic acid groups (broad SMARTS) is 1. The number of aromatic carboxylic acids is 1. The summed E-state index contributed by atoms with van der Waals surface area (Å²) in [5.41, 5.74) is 4.33. The first kappa shape index (κ1) is 29.1. The van der Waals surface area contributed by atoms with Gasteiger partial charge in [-0.25, -0.2) is 9.78 Å². The number of allylic oxidation sites excluding steroid dienone is 2. The Balaban J connectivity index is 1.60. The molecule has 0 saturated heterocycles. The third-order valence-corrected chi connectivity index (χ3v) is 10.2. The topological polar surface area (TPSA) is 106 Å². The predicted octanol–water partition coefficient (Wildman–Crippen LogP) is 6.50. The van der Waals surface area contributed by atoms with Crippen LogP contribution in [0.4, 0.5) is 0 Å². The fraction of sp³-hybridized carbons (Fsp3) is 0.486. The van der Waals surface area contributed by atoms with Crippen LogP contribution in [0.15, 0.2) is 46.9 Å². The van der Waals surface area contributed by atoms with Crippen LogP contribution in [0.1, 0.15) is 92.4 Å². The Morgan fingerprint density at radius 3 is 2.47 bits per heavy atom. The van der Waals surface area contributed by atoms with Crippen LogP contribution in [0.25, 0.3) is 11.3 Å². The van der Waals surface area contributed by atoms with Crippen molar-refractivity contribution in [2.24, 2.45) is 11.3 Å². The predicted molar refractivity (Wildman–Crippen MR) is 162 cm³/mol. The molecule has 6 rings (SSSR count). The van der Waals surface area contributed by atoms with Crippen molar-refractivity contribution in [2.75, 3.05) is 13.7 Å². The maximum absolute atomic E-state index is 14.4. The van der Waals surface area contributed by atoms with E-state index >= 15 is 0 Å². The number of carbonyl (C=O) groups is 3. The first-order chi connectivity index (χ1) is 20.5. The molecule has 1 aromatic carbocycles. The highest BCUT2D eigenvalue weighted by atomic mass is 16.5. The Kier molecular flexibility index (Phi) is 7.22. The van der Waals surface area contributed by atoms with E-state index in [0.717, 1.165) is 36.0 Å². The zero-order valence-electron chi connectivity index (χ0n) is 25.9. The van der Waals surface area contributed by atoms with Crippen LogP contribution in [0, 0.1) is 25.2 Å². The van der Waals surface area contributed by atoms with Gasteiger partial charge in [0.1, 0.15) is 17.3 Å². The molecule has 2 aromatic rings. The minimum absolute atomic E-state index is 0.00321. The number of likely N-dealkylation sites (N-methyl/N-ethyl adjacent to an activating group) is 1. The first-order valence-electron chi connectivity index (χ1n) is 15.4. The number of rotatable bonds is 6. The summed E-state index contributed by atoms with van der Waals surface area (Å²) in [5.74, 6) is 0.343. The molecule has 1 N–H and O–H groups in total. The molecule has 8 nitrogen and oxygen atoms in total. The van der Waals surface area contributed by atoms with Gasteiger partial charge in [-0.2, -0.15) is 0 Å². The highest BCUT2D eigenvalue weighted by Crippen LogP contribution is 2.58. The molecule has 43 heavy (non-hydrogen) atoms. The van der Waals surface area contributed by atoms with Crippen molar-refractivity contribution < 1.29 is 29.0 Å². The number of pyridine rings is 1. The van der Waals surface area contributed by atoms with Gasteiger partial charge < -0.3 is 19.5 Å². The molecule has 1 spiro atoms. The average Bonchev–Trinajstić information content (AvgIpc) is 2.95. The van der Waals surface area contributed by atoms with Gasteiger partial charge in [0.2, 0.25) is 0 Å². The summed E-state index contributed by atoms with van der Waals surface area (Å²) in [6.45, 7) is 10.5. The standard InChI is InChI=1S/C35H40N2O6/c1-7-37-23(18(2)3)15-26-30(33(37)39)31(29-24(38)16-35(13-8-14-35)17-27(29)43-26)28-20(5)21(10-12-25(28)42-6)22-11-9-19(4)32(36-22)34(40)41/h9-12,18,23,31H,7-8,13-17H2,1-6H3,(H,40,41)/t23-,31-/m0/s1. The summed E-state index contributed by atoms with van der Waals surface area (Å²) >= 11 is 0. The molecule has 2 aliphatic heterocycles. The van der Waals surface area contributed by atoms with Gasteiger partial charge in [-0.15, -0.1) is 0 Å². The third-order valence-electron chi connectivity index (χ3n) is 10.2. The van der Waals surface area contributed by atoms with Crippen molar-refractivity contribution in [3.05, 3.63) is 69.3 Å². The number of Topliss-reactive ketones (excluding diaryl/α,β-unsaturated/α-hetero) is 1. The van der Waals surface area contributed by atoms with E-state index in [9.17, 15) is 19.5 Å². The second-order valence-electron chi connectivity index (χ2n) is 13.0. The molecule has 2 atom stereocenters. The summed E-state index contributed by atoms with van der Waals surface area (Å²) in [5, 5.41) is 9.75. The summed E-state index contributed by atoms with van der Waals surface area (Å²) in [4.78, 5) is 46.9. The lowest BCUT2D eigenvalue weighted by Crippen LogP contribution is -2.50. The molecule has 3 heterocycles. The van der Waals surface area contributed by atoms with E-state index in [1.807, 2.05) is 36.9 Å². The van der Waals surface area contributed by atoms with Crippen molar-refractivity contribution in [3.8, 4) is 17.0 Å². The average molecular weight is 585 g/mol. The molecule has 1 amide bonds. The van der Waals surface area contributed by atoms with Crippen LogP contribution in [-0.2, 0) is 14.3 Å². The molecule has 1 saturated carbocycles. The van der Waals surface area contributed by atoms with Crippen molar-refractivity contribution in [2.45, 2.75) is 85.1 Å². The maximum atomic E-state index is 14.4. The summed E-state index contributed by atoms with van der Waals surface area (Å²) < 4.78 is 12.6. The highest BCUT2D eigenvalue weighted by molar-refractivity contribution is 6.06. The molecule has 1 aromatic heterocycles. The Hall–Kier alpha value is -3.94. The van der Waals surface area contributed by atoms with Gasteiger partial charge in [-0.1, -0.05) is 26.3 Å². The van der Waals surface area contributed by atoms with E-state index in [0.29, 0.717) is 65.5 Å². The number of amides is 1. The van der Waals surface area contributed by atoms with Gasteiger partial charge in [0.15, 0.2) is 11.5 Å². The molecule has 8 heteroatoms. The number of aryl methyl sites for hydroxylation is 1. The number of hydrogen-bond donors (Lipinski definition) is 1. The Labute approximate surface area is 252 Å². The Morgan fingerprint density at radius 2 is 1.86 bits per heavy atom. The number of nitrogens with zero attached hydrogens (tertiary/aromatic N) is 2. The molecule has 226 valence electrons. The minimum Gasteiger partial charge on any atom is -0.496 e. The van der Waals surface area contributed by atoms with E-state index in [1.54, 1.807) is 20.1 Å². The molecule has 0 unspecified atom stereocenters. The van der Waals surface area contributed by atoms with Crippen molar-refractivity contribution in [3.63, 3.8) is 0 Å². The zero-order chi connectivity index (χ0) is 30.8. The second kappa shape index (κ2) is 10.6. The molecule has 0 bridgehead atoms. The smallest absolute Gasteiger partial charge is 0.354 e. The maximum Gasteiger partial charge on any atom is 0.354 e. The Bertz CT molecular complexity index is 1610. The van der Waals surface area contributed by atoms with E-state index in [4.69, 9.17) is 9.47 Å². The van der Waals surface area contributed by atoms with Gasteiger partial charge in [0, 0.05) is 48.5 Å². The normalized spacial score (nSPS) is 22.8. The van der Waals surface area contributed by atoms with Crippen LogP contribution in [0.3, 0.4) is 0 Å². The fourth-order valence-corrected chi connectivity index (χ4v) is 7.72. The summed E-state index contributed by atoms with van der Waals surface area (Å²) in [6.07, 6.45) is 4.87. The zero-order valence-corrected chi connectivity index (χ0v) is 25.9. The van der Waals surface area contributed by atoms with Gasteiger partial charge in [-0.05, 0) is 74.3 Å². The number of carboxylic acids is 1. The number of benzene rings is 1. The largest absolute Gasteiger partial charge is 0.496 e. The van der Waals surface area contributed by atoms with Crippen LogP contribution in [0.2, 0.25) is 0 Å². The third kappa shape index (κ3) is 4.57. The number of methoxy groups -OCH3 is 1. The second-order valence-corrected chi connectivity index (χ2v) is 13.0. The SMILES string of the molecule is CCN1C(=O)C2=C(C[C@H]1C(C)C)OC1=C(C(=O)CC3(CCC3)C1)[C@@H]2c1c(OC)ccc(-c2ccc(C)c(C(=O)O)n2)c1C. The lowest BCUT2D eigenvalue weighted by molar-refractivity contribution is -0.132. The monoisotopic (exact) mass is 584 g/mol. The van der Waals surface area contributed by atoms with Crippen molar-refractivity contribution >= 4 is 17.7 Å². The molecule has 1 fully saturated rings. The summed E-state index contributed by atoms with van der Waals surface area (Å²) in [6, 6.07) is 7.26. The van der Waals surface area contributed by atoms with Crippen LogP contribution in [-0.4, -0.2) is 52.3 Å². The fourth-order valence-electron chi connectivity index (χ4n) is 7.72. The highest BCUT2D eigenvalue weighted by Gasteiger charge is 2.52. The summed E-state index contributed by atoms with van der Waals surface area (Å²) in [7, 11) is 1.59. The minimum atomic E-state index is -1.09. The number of ether oxygens (including phenoxy) is 2. The number of aromatic nitrogens is 1. The van der Waals surface area contributed by atoms with Crippen molar-refractivity contribution in [1.29, 1.82) is 0 Å². The van der Waals surface area contributed by atoms with Crippen molar-refractivity contribution in [1.82, 2.24) is 9.88 Å². The van der Waals surface area contributed by atoms with Gasteiger partial charge >= 0.3 is 5.97 Å². The van der Waals surface area contributed by atoms with Gasteiger partial charge in [-0.3, -0.25) is 9.59 Å². The Morgan fingerprint density at radius 1 is 1.12 bits per heavy atom. The van der Waals surface area contributed by atoms with E-state index < -0.39 is 11.9 Å². The number of hydrogen-bond acceptors (Lipinski definition) is 6. The lowest BCUT2D eigenvalue weighted by atomic mass is 9.58. The van der Waals surface area contributed by atoms with E-state index in [-0.39, 0.29) is 34.8 Å². The quantitative estimate of drug-likeness (QED) is 0.413. The van der Waals surface area contributed by atoms with E-state index in [1.165, 1.54) is 0 Å². The van der Waals surface area contributed by atoms with Crippen LogP contribution in [0.5, 0.6) is 5.75 Å². The lowest BCUT2D eigenvalue weighted by Gasteiger charge is -2.49. The molecule has 4 aliphatic rings. The van der Waals surface area contributed by atoms with Crippen LogP contribution >= 0.6 is 0 Å². The molecular formula is C35H40N2O6.